The summed E-state index contributed by atoms with van der Waals surface area (Å²) in [4.78, 5) is 20.0. The van der Waals surface area contributed by atoms with E-state index in [4.69, 9.17) is 0 Å². The fourth-order valence-corrected chi connectivity index (χ4v) is 3.36. The number of carbonyl (C=O) groups excluding carboxylic acids is 1. The van der Waals surface area contributed by atoms with Gasteiger partial charge in [0.1, 0.15) is 0 Å². The van der Waals surface area contributed by atoms with Gasteiger partial charge >= 0.3 is 0 Å². The zero-order valence-electron chi connectivity index (χ0n) is 11.1. The molecule has 19 heavy (non-hydrogen) atoms. The lowest BCUT2D eigenvalue weighted by Crippen LogP contribution is -2.42. The first kappa shape index (κ1) is 12.4. The highest BCUT2D eigenvalue weighted by Crippen LogP contribution is 2.34. The van der Waals surface area contributed by atoms with E-state index in [0.29, 0.717) is 0 Å². The highest BCUT2D eigenvalue weighted by Gasteiger charge is 2.37. The van der Waals surface area contributed by atoms with Crippen LogP contribution in [0.5, 0.6) is 0 Å². The van der Waals surface area contributed by atoms with Gasteiger partial charge in [0.25, 0.3) is 0 Å². The van der Waals surface area contributed by atoms with Crippen molar-refractivity contribution in [1.82, 2.24) is 4.98 Å². The summed E-state index contributed by atoms with van der Waals surface area (Å²) in [5.41, 5.74) is 1.71. The molecule has 3 heterocycles. The van der Waals surface area contributed by atoms with Crippen molar-refractivity contribution < 1.29 is 4.79 Å². The summed E-state index contributed by atoms with van der Waals surface area (Å²) in [5, 5.41) is 2.02. The molecule has 0 radical (unpaired) electrons. The summed E-state index contributed by atoms with van der Waals surface area (Å²) in [6.07, 6.45) is 4.51. The molecule has 0 aromatic carbocycles. The predicted molar refractivity (Wildman–Crippen MR) is 77.6 cm³/mol. The molecule has 0 spiro atoms. The van der Waals surface area contributed by atoms with Crippen LogP contribution in [0.1, 0.15) is 24.3 Å². The summed E-state index contributed by atoms with van der Waals surface area (Å²) in [7, 11) is 0. The molecule has 2 aromatic rings. The van der Waals surface area contributed by atoms with Gasteiger partial charge in [-0.2, -0.15) is 0 Å². The first-order valence-electron chi connectivity index (χ1n) is 6.39. The maximum absolute atomic E-state index is 12.8. The summed E-state index contributed by atoms with van der Waals surface area (Å²) in [6, 6.07) is 5.97. The Hall–Kier alpha value is -1.68. The monoisotopic (exact) mass is 272 g/mol. The van der Waals surface area contributed by atoms with Crippen LogP contribution in [0, 0.1) is 0 Å². The first-order valence-corrected chi connectivity index (χ1v) is 7.27. The number of amides is 1. The van der Waals surface area contributed by atoms with Crippen LogP contribution in [0.3, 0.4) is 0 Å². The third kappa shape index (κ3) is 1.96. The van der Waals surface area contributed by atoms with E-state index in [1.165, 1.54) is 0 Å². The molecule has 3 rings (SSSR count). The van der Waals surface area contributed by atoms with E-state index in [1.807, 2.05) is 48.5 Å². The topological polar surface area (TPSA) is 33.2 Å². The summed E-state index contributed by atoms with van der Waals surface area (Å²) in [5.74, 6) is 0.167. The van der Waals surface area contributed by atoms with E-state index >= 15 is 0 Å². The van der Waals surface area contributed by atoms with Crippen LogP contribution in [-0.4, -0.2) is 17.4 Å². The van der Waals surface area contributed by atoms with Gasteiger partial charge < -0.3 is 4.90 Å². The predicted octanol–water partition coefficient (Wildman–Crippen LogP) is 3.01. The van der Waals surface area contributed by atoms with Crippen LogP contribution in [0.4, 0.5) is 5.69 Å². The largest absolute Gasteiger partial charge is 0.311 e. The number of nitrogens with zero attached hydrogens (tertiary/aromatic N) is 2. The minimum Gasteiger partial charge on any atom is -0.311 e. The van der Waals surface area contributed by atoms with E-state index in [-0.39, 0.29) is 5.91 Å². The van der Waals surface area contributed by atoms with Gasteiger partial charge in [-0.25, -0.2) is 0 Å². The molecule has 3 nitrogen and oxygen atoms in total. The number of pyridine rings is 1. The Kier molecular flexibility index (Phi) is 2.90. The summed E-state index contributed by atoms with van der Waals surface area (Å²) >= 11 is 1.64. The third-order valence-electron chi connectivity index (χ3n) is 3.69. The van der Waals surface area contributed by atoms with Crippen LogP contribution in [0.2, 0.25) is 0 Å². The molecule has 0 unspecified atom stereocenters. The maximum Gasteiger partial charge on any atom is 0.237 e. The highest BCUT2D eigenvalue weighted by atomic mass is 32.1. The van der Waals surface area contributed by atoms with E-state index in [0.717, 1.165) is 29.1 Å². The number of hydrogen-bond donors (Lipinski definition) is 0. The molecule has 0 N–H and O–H groups in total. The normalized spacial score (nSPS) is 14.5. The van der Waals surface area contributed by atoms with Crippen molar-refractivity contribution in [2.75, 3.05) is 11.4 Å². The fraction of sp³-hybridized carbons (Fsp3) is 0.333. The van der Waals surface area contributed by atoms with Crippen molar-refractivity contribution in [1.29, 1.82) is 0 Å². The molecule has 0 bridgehead atoms. The average Bonchev–Trinajstić information content (AvgIpc) is 3.07. The SMILES string of the molecule is CC(C)(C(=O)N1CCc2cnccc21)c1cccs1. The van der Waals surface area contributed by atoms with Crippen molar-refractivity contribution >= 4 is 22.9 Å². The highest BCUT2D eigenvalue weighted by molar-refractivity contribution is 7.10. The standard InChI is InChI=1S/C15H16N2OS/c1-15(2,13-4-3-9-19-13)14(18)17-8-6-11-10-16-7-5-12(11)17/h3-5,7,9-10H,6,8H2,1-2H3. The first-order chi connectivity index (χ1) is 9.10. The number of hydrogen-bond acceptors (Lipinski definition) is 3. The lowest BCUT2D eigenvalue weighted by atomic mass is 9.89. The number of aromatic nitrogens is 1. The summed E-state index contributed by atoms with van der Waals surface area (Å²) < 4.78 is 0. The van der Waals surface area contributed by atoms with Gasteiger partial charge in [0.15, 0.2) is 0 Å². The molecule has 0 atom stereocenters. The zero-order chi connectivity index (χ0) is 13.5. The van der Waals surface area contributed by atoms with E-state index in [2.05, 4.69) is 4.98 Å². The van der Waals surface area contributed by atoms with Gasteiger partial charge in [-0.3, -0.25) is 9.78 Å². The molecule has 1 aliphatic heterocycles. The number of thiophene rings is 1. The molecule has 1 amide bonds. The molecule has 2 aromatic heterocycles. The maximum atomic E-state index is 12.8. The molecule has 0 saturated heterocycles. The van der Waals surface area contributed by atoms with Crippen LogP contribution in [0.25, 0.3) is 0 Å². The van der Waals surface area contributed by atoms with Crippen LogP contribution in [0.15, 0.2) is 36.0 Å². The van der Waals surface area contributed by atoms with Crippen LogP contribution in [-0.2, 0) is 16.6 Å². The third-order valence-corrected chi connectivity index (χ3v) is 4.88. The molecule has 0 fully saturated rings. The second-order valence-corrected chi connectivity index (χ2v) is 6.26. The number of rotatable bonds is 2. The Morgan fingerprint density at radius 2 is 2.26 bits per heavy atom. The Bertz CT molecular complexity index is 604. The van der Waals surface area contributed by atoms with Crippen LogP contribution >= 0.6 is 11.3 Å². The molecular weight excluding hydrogens is 256 g/mol. The molecule has 1 aliphatic rings. The van der Waals surface area contributed by atoms with Gasteiger partial charge in [-0.1, -0.05) is 6.07 Å². The van der Waals surface area contributed by atoms with Crippen molar-refractivity contribution in [2.24, 2.45) is 0 Å². The number of carbonyl (C=O) groups is 1. The minimum absolute atomic E-state index is 0.167. The Labute approximate surface area is 116 Å². The number of fused-ring (bicyclic) bond motifs is 1. The van der Waals surface area contributed by atoms with Crippen molar-refractivity contribution in [3.05, 3.63) is 46.4 Å². The van der Waals surface area contributed by atoms with Gasteiger partial charge in [0, 0.05) is 29.5 Å². The van der Waals surface area contributed by atoms with Gasteiger partial charge in [0.2, 0.25) is 5.91 Å². The van der Waals surface area contributed by atoms with Gasteiger partial charge in [-0.05, 0) is 43.3 Å². The Morgan fingerprint density at radius 3 is 3.00 bits per heavy atom. The molecule has 4 heteroatoms. The van der Waals surface area contributed by atoms with E-state index in [1.54, 1.807) is 17.5 Å². The molecule has 0 aliphatic carbocycles. The number of anilines is 1. The lowest BCUT2D eigenvalue weighted by Gasteiger charge is -2.28. The Balaban J connectivity index is 1.94. The minimum atomic E-state index is -0.473. The smallest absolute Gasteiger partial charge is 0.237 e. The van der Waals surface area contributed by atoms with Crippen molar-refractivity contribution in [2.45, 2.75) is 25.7 Å². The van der Waals surface area contributed by atoms with Crippen molar-refractivity contribution in [3.8, 4) is 0 Å². The van der Waals surface area contributed by atoms with Gasteiger partial charge in [0.05, 0.1) is 5.41 Å². The molecule has 0 saturated carbocycles. The quantitative estimate of drug-likeness (QED) is 0.842. The van der Waals surface area contributed by atoms with E-state index in [9.17, 15) is 4.79 Å². The average molecular weight is 272 g/mol. The molecule has 98 valence electrons. The van der Waals surface area contributed by atoms with Gasteiger partial charge in [-0.15, -0.1) is 11.3 Å². The Morgan fingerprint density at radius 1 is 1.42 bits per heavy atom. The second kappa shape index (κ2) is 4.46. The van der Waals surface area contributed by atoms with Crippen LogP contribution < -0.4 is 4.90 Å². The summed E-state index contributed by atoms with van der Waals surface area (Å²) in [6.45, 7) is 4.76. The lowest BCUT2D eigenvalue weighted by molar-refractivity contribution is -0.122. The van der Waals surface area contributed by atoms with E-state index < -0.39 is 5.41 Å². The molecular formula is C15H16N2OS. The van der Waals surface area contributed by atoms with Crippen molar-refractivity contribution in [3.63, 3.8) is 0 Å². The zero-order valence-corrected chi connectivity index (χ0v) is 11.9. The second-order valence-electron chi connectivity index (χ2n) is 5.31. The fourth-order valence-electron chi connectivity index (χ4n) is 2.52.